The van der Waals surface area contributed by atoms with E-state index >= 15 is 0 Å². The highest BCUT2D eigenvalue weighted by Gasteiger charge is 2.66. The van der Waals surface area contributed by atoms with Crippen LogP contribution >= 0.6 is 27.3 Å². The molecule has 1 aromatic carbocycles. The lowest BCUT2D eigenvalue weighted by molar-refractivity contribution is -0.139. The molecule has 3 aliphatic rings. The maximum absolute atomic E-state index is 14.4. The lowest BCUT2D eigenvalue weighted by Gasteiger charge is -2.27. The Balaban J connectivity index is 1.30. The highest BCUT2D eigenvalue weighted by atomic mass is 79.9. The number of rotatable bonds is 4. The highest BCUT2D eigenvalue weighted by Crippen LogP contribution is 2.62. The Kier molecular flexibility index (Phi) is 8.20. The molecule has 7 rings (SSSR count). The molecule has 3 aromatic heterocycles. The van der Waals surface area contributed by atoms with Gasteiger partial charge in [-0.15, -0.1) is 11.3 Å². The van der Waals surface area contributed by atoms with E-state index in [2.05, 4.69) is 20.9 Å². The number of fused-ring (bicyclic) bond motifs is 2. The average molecular weight is 705 g/mol. The summed E-state index contributed by atoms with van der Waals surface area (Å²) in [7, 11) is 0. The number of ketones is 3. The molecule has 0 N–H and O–H groups in total. The predicted molar refractivity (Wildman–Crippen MR) is 180 cm³/mol. The van der Waals surface area contributed by atoms with E-state index in [1.54, 1.807) is 20.9 Å². The number of Topliss-reactive ketones (excluding diaryl/α,β-unsaturated/α-hetero) is 3. The molecule has 5 heterocycles. The van der Waals surface area contributed by atoms with Gasteiger partial charge in [-0.05, 0) is 97.0 Å². The predicted octanol–water partition coefficient (Wildman–Crippen LogP) is 6.65. The summed E-state index contributed by atoms with van der Waals surface area (Å²) in [5.41, 5.74) is 4.48. The zero-order chi connectivity index (χ0) is 32.3. The van der Waals surface area contributed by atoms with Gasteiger partial charge in [-0.2, -0.15) is 5.10 Å². The molecule has 2 fully saturated rings. The first-order valence-corrected chi connectivity index (χ1v) is 17.9. The number of amides is 1. The smallest absolute Gasteiger partial charge is 0.245 e. The van der Waals surface area contributed by atoms with Crippen molar-refractivity contribution in [3.8, 4) is 0 Å². The van der Waals surface area contributed by atoms with Crippen LogP contribution in [0, 0.1) is 19.3 Å². The number of aryl methyl sites for hydroxylation is 3. The summed E-state index contributed by atoms with van der Waals surface area (Å²) in [6, 6.07) is 5.06. The molecule has 9 nitrogen and oxygen atoms in total. The van der Waals surface area contributed by atoms with Gasteiger partial charge in [0.2, 0.25) is 5.91 Å². The Labute approximate surface area is 280 Å². The molecule has 1 aliphatic carbocycles. The molecule has 2 bridgehead atoms. The van der Waals surface area contributed by atoms with Crippen molar-refractivity contribution in [1.82, 2.24) is 24.6 Å². The standard InChI is InChI=1S/C35H38BrN5O4S/c1-19-10-11-30(36)38-25(19)15-28(44)27-16-35-13-12-22(43)8-6-4-5-7-9-23-33-24(14-26-34(23)46-21(3)37-26)32(20(2)42)39-40(33)18-31(45)41(27)29(35)17-35/h10-11,14,27,29H,4-9,12-13,15-18H2,1-3H3/t27-,29+,35-/m0/s1. The fraction of sp³-hybridized carbons (Fsp3) is 0.514. The van der Waals surface area contributed by atoms with Crippen LogP contribution in [-0.4, -0.2) is 60.0 Å². The van der Waals surface area contributed by atoms with Crippen molar-refractivity contribution >= 4 is 71.6 Å². The molecular weight excluding hydrogens is 666 g/mol. The van der Waals surface area contributed by atoms with Crippen LogP contribution in [0.15, 0.2) is 22.8 Å². The van der Waals surface area contributed by atoms with Crippen LogP contribution in [0.4, 0.5) is 0 Å². The van der Waals surface area contributed by atoms with Crippen molar-refractivity contribution < 1.29 is 19.2 Å². The molecule has 2 aliphatic heterocycles. The van der Waals surface area contributed by atoms with E-state index in [0.717, 1.165) is 75.8 Å². The van der Waals surface area contributed by atoms with E-state index in [0.29, 0.717) is 41.7 Å². The number of halogens is 1. The monoisotopic (exact) mass is 703 g/mol. The molecule has 1 amide bonds. The van der Waals surface area contributed by atoms with E-state index in [4.69, 9.17) is 10.1 Å². The number of thiazole rings is 1. The van der Waals surface area contributed by atoms with Crippen molar-refractivity contribution in [2.75, 3.05) is 0 Å². The third-order valence-electron chi connectivity index (χ3n) is 10.3. The third kappa shape index (κ3) is 5.63. The lowest BCUT2D eigenvalue weighted by Crippen LogP contribution is -2.45. The van der Waals surface area contributed by atoms with Crippen LogP contribution in [0.3, 0.4) is 0 Å². The first kappa shape index (κ1) is 31.3. The topological polar surface area (TPSA) is 115 Å². The van der Waals surface area contributed by atoms with Crippen LogP contribution in [0.25, 0.3) is 21.1 Å². The van der Waals surface area contributed by atoms with Gasteiger partial charge in [-0.3, -0.25) is 23.9 Å². The normalized spacial score (nSPS) is 24.0. The summed E-state index contributed by atoms with van der Waals surface area (Å²) in [4.78, 5) is 65.3. The zero-order valence-electron chi connectivity index (χ0n) is 26.5. The van der Waals surface area contributed by atoms with Crippen LogP contribution in [0.1, 0.15) is 97.0 Å². The number of pyridine rings is 1. The quantitative estimate of drug-likeness (QED) is 0.173. The Morgan fingerprint density at radius 1 is 1.04 bits per heavy atom. The summed E-state index contributed by atoms with van der Waals surface area (Å²) in [5, 5.41) is 6.42. The summed E-state index contributed by atoms with van der Waals surface area (Å²) in [6.45, 7) is 5.36. The van der Waals surface area contributed by atoms with Crippen LogP contribution in [0.5, 0.6) is 0 Å². The van der Waals surface area contributed by atoms with Gasteiger partial charge in [-0.25, -0.2) is 9.97 Å². The van der Waals surface area contributed by atoms with Crippen LogP contribution in [0.2, 0.25) is 0 Å². The fourth-order valence-corrected chi connectivity index (χ4v) is 9.19. The van der Waals surface area contributed by atoms with Gasteiger partial charge in [0, 0.05) is 31.2 Å². The number of carbonyl (C=O) groups is 4. The largest absolute Gasteiger partial charge is 0.327 e. The summed E-state index contributed by atoms with van der Waals surface area (Å²) >= 11 is 5.05. The second-order valence-corrected chi connectivity index (χ2v) is 15.5. The maximum Gasteiger partial charge on any atom is 0.245 e. The fourth-order valence-electron chi connectivity index (χ4n) is 7.87. The molecule has 1 saturated heterocycles. The lowest BCUT2D eigenvalue weighted by atomic mass is 9.90. The van der Waals surface area contributed by atoms with Crippen molar-refractivity contribution in [3.05, 3.63) is 50.3 Å². The minimum Gasteiger partial charge on any atom is -0.327 e. The molecule has 0 spiro atoms. The maximum atomic E-state index is 14.4. The summed E-state index contributed by atoms with van der Waals surface area (Å²) in [5.74, 6) is -0.1000. The van der Waals surface area contributed by atoms with Gasteiger partial charge in [-0.1, -0.05) is 18.9 Å². The molecule has 240 valence electrons. The van der Waals surface area contributed by atoms with Crippen molar-refractivity contribution in [1.29, 1.82) is 0 Å². The Bertz CT molecular complexity index is 1930. The molecule has 0 radical (unpaired) electrons. The van der Waals surface area contributed by atoms with Crippen LogP contribution < -0.4 is 0 Å². The Hall–Kier alpha value is -3.31. The van der Waals surface area contributed by atoms with Crippen molar-refractivity contribution in [3.63, 3.8) is 0 Å². The Morgan fingerprint density at radius 2 is 1.83 bits per heavy atom. The molecular formula is C35H38BrN5O4S. The SMILES string of the molecule is CC(=O)c1nn2c3c(c4sc(C)nc4cc13)CCCCCCC(=O)CC[C@@]13C[C@@H](C(=O)Cc4nc(Br)ccc4C)N(C(=O)C2)[C@@H]1C3. The Morgan fingerprint density at radius 3 is 2.61 bits per heavy atom. The van der Waals surface area contributed by atoms with Gasteiger partial charge in [0.25, 0.3) is 0 Å². The second kappa shape index (κ2) is 12.0. The minimum absolute atomic E-state index is 0.0355. The van der Waals surface area contributed by atoms with Gasteiger partial charge >= 0.3 is 0 Å². The number of carbonyl (C=O) groups excluding carboxylic acids is 4. The van der Waals surface area contributed by atoms with E-state index < -0.39 is 6.04 Å². The summed E-state index contributed by atoms with van der Waals surface area (Å²) < 4.78 is 3.44. The van der Waals surface area contributed by atoms with Crippen molar-refractivity contribution in [2.24, 2.45) is 5.41 Å². The van der Waals surface area contributed by atoms with Gasteiger partial charge in [0.15, 0.2) is 11.6 Å². The number of benzene rings is 1. The van der Waals surface area contributed by atoms with Gasteiger partial charge < -0.3 is 4.90 Å². The van der Waals surface area contributed by atoms with E-state index in [-0.39, 0.29) is 47.7 Å². The molecule has 3 atom stereocenters. The molecule has 4 aromatic rings. The number of hydrogen-bond acceptors (Lipinski definition) is 8. The highest BCUT2D eigenvalue weighted by molar-refractivity contribution is 9.10. The summed E-state index contributed by atoms with van der Waals surface area (Å²) in [6.07, 6.45) is 7.77. The molecule has 1 saturated carbocycles. The zero-order valence-corrected chi connectivity index (χ0v) is 28.9. The van der Waals surface area contributed by atoms with E-state index in [9.17, 15) is 19.2 Å². The van der Waals surface area contributed by atoms with Gasteiger partial charge in [0.05, 0.1) is 38.9 Å². The number of nitrogens with zero attached hydrogens (tertiary/aromatic N) is 5. The van der Waals surface area contributed by atoms with E-state index in [1.165, 1.54) is 6.92 Å². The first-order valence-electron chi connectivity index (χ1n) is 16.3. The molecule has 11 heteroatoms. The average Bonchev–Trinajstić information content (AvgIpc) is 3.24. The van der Waals surface area contributed by atoms with E-state index in [1.807, 2.05) is 32.0 Å². The number of piperidine rings is 1. The molecule has 46 heavy (non-hydrogen) atoms. The van der Waals surface area contributed by atoms with Gasteiger partial charge in [0.1, 0.15) is 22.6 Å². The molecule has 0 unspecified atom stereocenters. The number of hydrogen-bond donors (Lipinski definition) is 0. The number of aromatic nitrogens is 4. The van der Waals surface area contributed by atoms with Crippen molar-refractivity contribution in [2.45, 2.75) is 110 Å². The minimum atomic E-state index is -0.593. The first-order chi connectivity index (χ1) is 22.0. The van der Waals surface area contributed by atoms with Crippen LogP contribution in [-0.2, 0) is 33.8 Å². The second-order valence-electron chi connectivity index (χ2n) is 13.5. The third-order valence-corrected chi connectivity index (χ3v) is 11.8.